The SMILES string of the molecule is CCCNC(=O)CSc1nnc(S[C@@H]2CCCCNC2=O)s1. The second kappa shape index (κ2) is 9.36. The van der Waals surface area contributed by atoms with E-state index >= 15 is 0 Å². The van der Waals surface area contributed by atoms with Gasteiger partial charge < -0.3 is 10.6 Å². The van der Waals surface area contributed by atoms with Gasteiger partial charge in [-0.25, -0.2) is 0 Å². The fourth-order valence-electron chi connectivity index (χ4n) is 1.89. The van der Waals surface area contributed by atoms with Crippen LogP contribution >= 0.6 is 34.9 Å². The Balaban J connectivity index is 1.80. The highest BCUT2D eigenvalue weighted by molar-refractivity contribution is 8.04. The van der Waals surface area contributed by atoms with Crippen LogP contribution in [0.15, 0.2) is 8.68 Å². The van der Waals surface area contributed by atoms with Crippen molar-refractivity contribution in [2.45, 2.75) is 46.5 Å². The van der Waals surface area contributed by atoms with Crippen molar-refractivity contribution in [1.29, 1.82) is 0 Å². The molecule has 22 heavy (non-hydrogen) atoms. The average molecular weight is 361 g/mol. The van der Waals surface area contributed by atoms with Crippen molar-refractivity contribution < 1.29 is 9.59 Å². The molecule has 2 N–H and O–H groups in total. The van der Waals surface area contributed by atoms with Gasteiger partial charge in [-0.05, 0) is 19.3 Å². The summed E-state index contributed by atoms with van der Waals surface area (Å²) in [7, 11) is 0. The molecule has 0 saturated carbocycles. The molecule has 0 bridgehead atoms. The minimum absolute atomic E-state index is 0.0133. The highest BCUT2D eigenvalue weighted by Crippen LogP contribution is 2.33. The smallest absolute Gasteiger partial charge is 0.233 e. The van der Waals surface area contributed by atoms with Crippen LogP contribution in [0.2, 0.25) is 0 Å². The first-order valence-electron chi connectivity index (χ1n) is 7.36. The van der Waals surface area contributed by atoms with Gasteiger partial charge >= 0.3 is 0 Å². The van der Waals surface area contributed by atoms with Crippen molar-refractivity contribution in [1.82, 2.24) is 20.8 Å². The molecule has 1 aliphatic heterocycles. The lowest BCUT2D eigenvalue weighted by molar-refractivity contribution is -0.120. The maximum Gasteiger partial charge on any atom is 0.233 e. The van der Waals surface area contributed by atoms with Gasteiger partial charge in [0.2, 0.25) is 11.8 Å². The van der Waals surface area contributed by atoms with E-state index in [1.54, 1.807) is 0 Å². The molecule has 1 fully saturated rings. The topological polar surface area (TPSA) is 84.0 Å². The molecule has 1 aliphatic rings. The van der Waals surface area contributed by atoms with E-state index in [2.05, 4.69) is 20.8 Å². The van der Waals surface area contributed by atoms with Crippen LogP contribution in [0, 0.1) is 0 Å². The molecule has 9 heteroatoms. The second-order valence-corrected chi connectivity index (χ2v) is 8.52. The summed E-state index contributed by atoms with van der Waals surface area (Å²) >= 11 is 4.30. The normalized spacial score (nSPS) is 18.6. The Kier molecular flexibility index (Phi) is 7.47. The van der Waals surface area contributed by atoms with Gasteiger partial charge in [-0.2, -0.15) is 0 Å². The molecule has 122 valence electrons. The Morgan fingerprint density at radius 2 is 2.23 bits per heavy atom. The van der Waals surface area contributed by atoms with Gasteiger partial charge in [0, 0.05) is 13.1 Å². The molecule has 2 rings (SSSR count). The first-order valence-corrected chi connectivity index (χ1v) is 10.0. The molecule has 0 radical (unpaired) electrons. The fraction of sp³-hybridized carbons (Fsp3) is 0.692. The summed E-state index contributed by atoms with van der Waals surface area (Å²) < 4.78 is 1.56. The standard InChI is InChI=1S/C13H20N4O2S3/c1-2-6-14-10(18)8-20-12-16-17-13(22-12)21-9-5-3-4-7-15-11(9)19/h9H,2-8H2,1H3,(H,14,18)(H,15,19)/t9-/m1/s1. The molecule has 2 amide bonds. The molecule has 6 nitrogen and oxygen atoms in total. The second-order valence-electron chi connectivity index (χ2n) is 4.87. The van der Waals surface area contributed by atoms with Gasteiger partial charge in [-0.15, -0.1) is 10.2 Å². The number of carbonyl (C=O) groups is 2. The zero-order chi connectivity index (χ0) is 15.8. The molecule has 0 aliphatic carbocycles. The van der Waals surface area contributed by atoms with E-state index < -0.39 is 0 Å². The van der Waals surface area contributed by atoms with Crippen LogP contribution in [0.1, 0.15) is 32.6 Å². The van der Waals surface area contributed by atoms with Crippen LogP contribution in [0.3, 0.4) is 0 Å². The van der Waals surface area contributed by atoms with Crippen LogP contribution in [0.4, 0.5) is 0 Å². The van der Waals surface area contributed by atoms with Gasteiger partial charge in [-0.1, -0.05) is 48.2 Å². The molecule has 0 unspecified atom stereocenters. The average Bonchev–Trinajstić information content (AvgIpc) is 2.87. The van der Waals surface area contributed by atoms with Gasteiger partial charge in [0.25, 0.3) is 0 Å². The summed E-state index contributed by atoms with van der Waals surface area (Å²) in [5.74, 6) is 0.452. The van der Waals surface area contributed by atoms with Gasteiger partial charge in [0.05, 0.1) is 11.0 Å². The maximum absolute atomic E-state index is 11.9. The highest BCUT2D eigenvalue weighted by atomic mass is 32.2. The first kappa shape index (κ1) is 17.6. The van der Waals surface area contributed by atoms with E-state index in [-0.39, 0.29) is 17.1 Å². The van der Waals surface area contributed by atoms with Gasteiger partial charge in [0.15, 0.2) is 8.68 Å². The zero-order valence-electron chi connectivity index (χ0n) is 12.5. The van der Waals surface area contributed by atoms with Crippen molar-refractivity contribution in [2.75, 3.05) is 18.8 Å². The summed E-state index contributed by atoms with van der Waals surface area (Å²) in [6.07, 6.45) is 3.89. The lowest BCUT2D eigenvalue weighted by Crippen LogP contribution is -2.30. The molecule has 0 spiro atoms. The number of hydrogen-bond acceptors (Lipinski definition) is 7. The molecule has 1 saturated heterocycles. The fourth-order valence-corrected chi connectivity index (χ4v) is 5.05. The Morgan fingerprint density at radius 1 is 1.41 bits per heavy atom. The molecular formula is C13H20N4O2S3. The number of rotatable bonds is 7. The molecule has 1 aromatic heterocycles. The summed E-state index contributed by atoms with van der Waals surface area (Å²) in [5, 5.41) is 13.9. The summed E-state index contributed by atoms with van der Waals surface area (Å²) in [4.78, 5) is 23.5. The Labute approximate surface area is 142 Å². The minimum Gasteiger partial charge on any atom is -0.355 e. The van der Waals surface area contributed by atoms with Crippen molar-refractivity contribution in [2.24, 2.45) is 0 Å². The third-order valence-electron chi connectivity index (χ3n) is 3.01. The van der Waals surface area contributed by atoms with Crippen LogP contribution < -0.4 is 10.6 Å². The number of nitrogens with one attached hydrogen (secondary N) is 2. The van der Waals surface area contributed by atoms with E-state index in [0.29, 0.717) is 12.3 Å². The maximum atomic E-state index is 11.9. The number of thioether (sulfide) groups is 2. The van der Waals surface area contributed by atoms with Crippen LogP contribution in [0.5, 0.6) is 0 Å². The number of nitrogens with zero attached hydrogens (tertiary/aromatic N) is 2. The Hall–Kier alpha value is -0.800. The molecule has 1 aromatic rings. The quantitative estimate of drug-likeness (QED) is 0.723. The van der Waals surface area contributed by atoms with Crippen LogP contribution in [0.25, 0.3) is 0 Å². The van der Waals surface area contributed by atoms with Crippen molar-refractivity contribution in [3.63, 3.8) is 0 Å². The van der Waals surface area contributed by atoms with Crippen molar-refractivity contribution in [3.8, 4) is 0 Å². The molecule has 0 aromatic carbocycles. The zero-order valence-corrected chi connectivity index (χ0v) is 14.9. The van der Waals surface area contributed by atoms with E-state index in [1.807, 2.05) is 6.92 Å². The van der Waals surface area contributed by atoms with E-state index in [1.165, 1.54) is 34.9 Å². The summed E-state index contributed by atoms with van der Waals surface area (Å²) in [6, 6.07) is 0. The Bertz CT molecular complexity index is 509. The minimum atomic E-state index is -0.0823. The Morgan fingerprint density at radius 3 is 3.05 bits per heavy atom. The van der Waals surface area contributed by atoms with Crippen LogP contribution in [-0.4, -0.2) is 46.1 Å². The van der Waals surface area contributed by atoms with Crippen molar-refractivity contribution in [3.05, 3.63) is 0 Å². The molecular weight excluding hydrogens is 340 g/mol. The summed E-state index contributed by atoms with van der Waals surface area (Å²) in [6.45, 7) is 3.48. The van der Waals surface area contributed by atoms with E-state index in [0.717, 1.165) is 40.9 Å². The predicted octanol–water partition coefficient (Wildman–Crippen LogP) is 1.92. The molecule has 1 atom stereocenters. The molecule has 2 heterocycles. The van der Waals surface area contributed by atoms with Gasteiger partial charge in [-0.3, -0.25) is 9.59 Å². The van der Waals surface area contributed by atoms with Gasteiger partial charge in [0.1, 0.15) is 0 Å². The third-order valence-corrected chi connectivity index (χ3v) is 6.42. The lowest BCUT2D eigenvalue weighted by Gasteiger charge is -2.09. The number of amides is 2. The summed E-state index contributed by atoms with van der Waals surface area (Å²) in [5.41, 5.74) is 0. The predicted molar refractivity (Wildman–Crippen MR) is 90.4 cm³/mol. The van der Waals surface area contributed by atoms with Crippen molar-refractivity contribution >= 4 is 46.7 Å². The lowest BCUT2D eigenvalue weighted by atomic mass is 10.2. The first-order chi connectivity index (χ1) is 10.7. The number of hydrogen-bond donors (Lipinski definition) is 2. The van der Waals surface area contributed by atoms with E-state index in [9.17, 15) is 9.59 Å². The highest BCUT2D eigenvalue weighted by Gasteiger charge is 2.23. The largest absolute Gasteiger partial charge is 0.355 e. The van der Waals surface area contributed by atoms with Crippen LogP contribution in [-0.2, 0) is 9.59 Å². The third kappa shape index (κ3) is 5.77. The number of carbonyl (C=O) groups excluding carboxylic acids is 2. The monoisotopic (exact) mass is 360 g/mol. The number of aromatic nitrogens is 2. The van der Waals surface area contributed by atoms with E-state index in [4.69, 9.17) is 0 Å².